The zero-order valence-electron chi connectivity index (χ0n) is 7.29. The number of nitrogens with zero attached hydrogens (tertiary/aromatic N) is 1. The lowest BCUT2D eigenvalue weighted by atomic mass is 10.0. The van der Waals surface area contributed by atoms with Crippen LogP contribution in [0.2, 0.25) is 0 Å². The Morgan fingerprint density at radius 3 is 2.64 bits per heavy atom. The fraction of sp³-hybridized carbons (Fsp3) is 0.875. The molecule has 0 spiro atoms. The van der Waals surface area contributed by atoms with Gasteiger partial charge in [-0.25, -0.2) is 5.06 Å². The third-order valence-electron chi connectivity index (χ3n) is 1.75. The lowest BCUT2D eigenvalue weighted by Crippen LogP contribution is -2.19. The summed E-state index contributed by atoms with van der Waals surface area (Å²) >= 11 is 0. The van der Waals surface area contributed by atoms with E-state index in [1.807, 2.05) is 0 Å². The number of amides is 1. The molecule has 0 aromatic carbocycles. The Bertz CT molecular complexity index is 106. The summed E-state index contributed by atoms with van der Waals surface area (Å²) in [5.74, 6) is 0.592. The molecule has 1 N–H and O–H groups in total. The van der Waals surface area contributed by atoms with Crippen molar-refractivity contribution in [2.24, 2.45) is 5.92 Å². The summed E-state index contributed by atoms with van der Waals surface area (Å²) in [6.07, 6.45) is 3.64. The van der Waals surface area contributed by atoms with E-state index >= 15 is 0 Å². The van der Waals surface area contributed by atoms with Gasteiger partial charge >= 0.3 is 0 Å². The molecule has 1 atom stereocenters. The third kappa shape index (κ3) is 5.85. The largest absolute Gasteiger partial charge is 0.286 e. The van der Waals surface area contributed by atoms with Crippen LogP contribution >= 0.6 is 0 Å². The van der Waals surface area contributed by atoms with Crippen molar-refractivity contribution in [2.75, 3.05) is 6.54 Å². The van der Waals surface area contributed by atoms with Crippen molar-refractivity contribution in [3.63, 3.8) is 0 Å². The zero-order valence-corrected chi connectivity index (χ0v) is 7.29. The van der Waals surface area contributed by atoms with Crippen LogP contribution in [0.15, 0.2) is 0 Å². The van der Waals surface area contributed by atoms with Crippen LogP contribution in [-0.2, 0) is 4.79 Å². The van der Waals surface area contributed by atoms with Crippen LogP contribution in [0.4, 0.5) is 0 Å². The molecule has 1 amide bonds. The quantitative estimate of drug-likeness (QED) is 0.364. The minimum absolute atomic E-state index is 0.443. The fourth-order valence-electron chi connectivity index (χ4n) is 1.04. The summed E-state index contributed by atoms with van der Waals surface area (Å²) in [4.78, 5) is 9.95. The van der Waals surface area contributed by atoms with Gasteiger partial charge in [0.1, 0.15) is 0 Å². The topological polar surface area (TPSA) is 40.5 Å². The van der Waals surface area contributed by atoms with E-state index in [1.165, 1.54) is 0 Å². The van der Waals surface area contributed by atoms with E-state index < -0.39 is 0 Å². The molecule has 0 aromatic rings. The number of hydroxylamine groups is 2. The highest BCUT2D eigenvalue weighted by Crippen LogP contribution is 2.09. The Kier molecular flexibility index (Phi) is 5.84. The van der Waals surface area contributed by atoms with Gasteiger partial charge in [-0.2, -0.15) is 0 Å². The lowest BCUT2D eigenvalue weighted by Gasteiger charge is -2.12. The van der Waals surface area contributed by atoms with E-state index in [9.17, 15) is 4.79 Å². The summed E-state index contributed by atoms with van der Waals surface area (Å²) in [5, 5.41) is 9.44. The number of carbonyl (C=O) groups is 1. The molecular formula is C8H17NO2. The first kappa shape index (κ1) is 10.4. The van der Waals surface area contributed by atoms with Gasteiger partial charge in [0.25, 0.3) is 0 Å². The summed E-state index contributed by atoms with van der Waals surface area (Å²) in [6.45, 7) is 4.71. The van der Waals surface area contributed by atoms with E-state index in [0.717, 1.165) is 19.3 Å². The molecule has 0 heterocycles. The van der Waals surface area contributed by atoms with Gasteiger partial charge in [-0.3, -0.25) is 10.0 Å². The lowest BCUT2D eigenvalue weighted by molar-refractivity contribution is -0.150. The summed E-state index contributed by atoms with van der Waals surface area (Å²) in [7, 11) is 0. The van der Waals surface area contributed by atoms with Crippen LogP contribution in [0.1, 0.15) is 33.1 Å². The molecule has 66 valence electrons. The maximum Gasteiger partial charge on any atom is 0.233 e. The van der Waals surface area contributed by atoms with Crippen molar-refractivity contribution in [3.8, 4) is 0 Å². The highest BCUT2D eigenvalue weighted by molar-refractivity contribution is 5.44. The van der Waals surface area contributed by atoms with E-state index in [-0.39, 0.29) is 0 Å². The van der Waals surface area contributed by atoms with E-state index in [0.29, 0.717) is 23.9 Å². The molecule has 0 bridgehead atoms. The van der Waals surface area contributed by atoms with Gasteiger partial charge in [-0.05, 0) is 12.3 Å². The second kappa shape index (κ2) is 6.16. The first-order chi connectivity index (χ1) is 5.20. The zero-order chi connectivity index (χ0) is 8.69. The van der Waals surface area contributed by atoms with Gasteiger partial charge in [-0.1, -0.05) is 26.7 Å². The van der Waals surface area contributed by atoms with Gasteiger partial charge in [0.2, 0.25) is 6.41 Å². The van der Waals surface area contributed by atoms with Gasteiger partial charge in [-0.15, -0.1) is 0 Å². The highest BCUT2D eigenvalue weighted by Gasteiger charge is 2.02. The smallest absolute Gasteiger partial charge is 0.233 e. The molecule has 0 saturated heterocycles. The van der Waals surface area contributed by atoms with Crippen LogP contribution in [-0.4, -0.2) is 23.2 Å². The average molecular weight is 159 g/mol. The molecule has 0 aliphatic heterocycles. The van der Waals surface area contributed by atoms with Gasteiger partial charge < -0.3 is 0 Å². The van der Waals surface area contributed by atoms with Gasteiger partial charge in [0.15, 0.2) is 0 Å². The van der Waals surface area contributed by atoms with Crippen LogP contribution in [0.5, 0.6) is 0 Å². The monoisotopic (exact) mass is 159 g/mol. The molecule has 0 radical (unpaired) electrons. The second-order valence-corrected chi connectivity index (χ2v) is 2.95. The Hall–Kier alpha value is -0.570. The molecule has 0 saturated carbocycles. The fourth-order valence-corrected chi connectivity index (χ4v) is 1.04. The normalized spacial score (nSPS) is 12.6. The van der Waals surface area contributed by atoms with E-state index in [1.54, 1.807) is 0 Å². The summed E-state index contributed by atoms with van der Waals surface area (Å²) in [5.41, 5.74) is 0. The van der Waals surface area contributed by atoms with Gasteiger partial charge in [0.05, 0.1) is 0 Å². The molecule has 0 aliphatic carbocycles. The van der Waals surface area contributed by atoms with Gasteiger partial charge in [0, 0.05) is 6.54 Å². The molecule has 0 aromatic heterocycles. The molecule has 3 nitrogen and oxygen atoms in total. The first-order valence-electron chi connectivity index (χ1n) is 4.11. The molecule has 0 aliphatic rings. The number of hydrogen-bond donors (Lipinski definition) is 1. The van der Waals surface area contributed by atoms with Crippen molar-refractivity contribution in [2.45, 2.75) is 33.1 Å². The Morgan fingerprint density at radius 1 is 1.55 bits per heavy atom. The van der Waals surface area contributed by atoms with E-state index in [2.05, 4.69) is 13.8 Å². The third-order valence-corrected chi connectivity index (χ3v) is 1.75. The number of carbonyl (C=O) groups excluding carboxylic acids is 1. The van der Waals surface area contributed by atoms with Crippen molar-refractivity contribution in [1.82, 2.24) is 5.06 Å². The molecule has 3 heteroatoms. The molecule has 0 fully saturated rings. The summed E-state index contributed by atoms with van der Waals surface area (Å²) < 4.78 is 0. The van der Waals surface area contributed by atoms with Crippen LogP contribution in [0.3, 0.4) is 0 Å². The molecule has 0 rings (SSSR count). The van der Waals surface area contributed by atoms with Crippen LogP contribution < -0.4 is 0 Å². The predicted molar refractivity (Wildman–Crippen MR) is 43.2 cm³/mol. The SMILES string of the molecule is CCCC(C)CCN(O)C=O. The number of hydrogen-bond acceptors (Lipinski definition) is 2. The average Bonchev–Trinajstić information content (AvgIpc) is 2.01. The standard InChI is InChI=1S/C8H17NO2/c1-3-4-8(2)5-6-9(11)7-10/h7-8,11H,3-6H2,1-2H3. The van der Waals surface area contributed by atoms with Crippen LogP contribution in [0.25, 0.3) is 0 Å². The minimum Gasteiger partial charge on any atom is -0.286 e. The molecular weight excluding hydrogens is 142 g/mol. The summed E-state index contributed by atoms with van der Waals surface area (Å²) in [6, 6.07) is 0. The highest BCUT2D eigenvalue weighted by atomic mass is 16.5. The Morgan fingerprint density at radius 2 is 2.18 bits per heavy atom. The van der Waals surface area contributed by atoms with E-state index in [4.69, 9.17) is 5.21 Å². The second-order valence-electron chi connectivity index (χ2n) is 2.95. The Balaban J connectivity index is 3.29. The molecule has 11 heavy (non-hydrogen) atoms. The van der Waals surface area contributed by atoms with Crippen LogP contribution in [0, 0.1) is 5.92 Å². The predicted octanol–water partition coefficient (Wildman–Crippen LogP) is 1.66. The minimum atomic E-state index is 0.443. The maximum absolute atomic E-state index is 9.95. The Labute approximate surface area is 68.0 Å². The molecule has 1 unspecified atom stereocenters. The van der Waals surface area contributed by atoms with Crippen molar-refractivity contribution in [1.29, 1.82) is 0 Å². The first-order valence-corrected chi connectivity index (χ1v) is 4.11. The van der Waals surface area contributed by atoms with Crippen molar-refractivity contribution in [3.05, 3.63) is 0 Å². The van der Waals surface area contributed by atoms with Crippen molar-refractivity contribution < 1.29 is 10.0 Å². The van der Waals surface area contributed by atoms with Crippen molar-refractivity contribution >= 4 is 6.41 Å². The maximum atomic E-state index is 9.95. The number of rotatable bonds is 6.